The van der Waals surface area contributed by atoms with Crippen LogP contribution in [0.5, 0.6) is 5.75 Å². The second kappa shape index (κ2) is 9.84. The Labute approximate surface area is 187 Å². The third-order valence-corrected chi connectivity index (χ3v) is 4.96. The van der Waals surface area contributed by atoms with Crippen LogP contribution in [0, 0.1) is 11.8 Å². The quantitative estimate of drug-likeness (QED) is 0.441. The summed E-state index contributed by atoms with van der Waals surface area (Å²) in [6.07, 6.45) is 6.22. The molecule has 1 amide bonds. The number of aromatic nitrogens is 2. The summed E-state index contributed by atoms with van der Waals surface area (Å²) >= 11 is 0. The number of hydrogen-bond donors (Lipinski definition) is 2. The fraction of sp³-hybridized carbons (Fsp3) is 0.185. The largest absolute Gasteiger partial charge is 0.490 e. The number of nitrogens with zero attached hydrogens (tertiary/aromatic N) is 1. The zero-order chi connectivity index (χ0) is 22.3. The van der Waals surface area contributed by atoms with Crippen LogP contribution in [0.2, 0.25) is 0 Å². The Bertz CT molecular complexity index is 1280. The van der Waals surface area contributed by atoms with Crippen LogP contribution in [0.1, 0.15) is 40.9 Å². The molecular weight excluding hydrogens is 398 g/mol. The summed E-state index contributed by atoms with van der Waals surface area (Å²) in [6.45, 7) is 4.38. The van der Waals surface area contributed by atoms with Crippen molar-refractivity contribution in [2.24, 2.45) is 0 Å². The van der Waals surface area contributed by atoms with Crippen molar-refractivity contribution >= 4 is 16.8 Å². The molecule has 5 nitrogen and oxygen atoms in total. The summed E-state index contributed by atoms with van der Waals surface area (Å²) in [5.41, 5.74) is 4.33. The topological polar surface area (TPSA) is 67.0 Å². The van der Waals surface area contributed by atoms with E-state index < -0.39 is 0 Å². The molecule has 4 rings (SSSR count). The Morgan fingerprint density at radius 2 is 1.91 bits per heavy atom. The molecule has 0 atom stereocenters. The van der Waals surface area contributed by atoms with Crippen molar-refractivity contribution in [3.63, 3.8) is 0 Å². The van der Waals surface area contributed by atoms with Crippen LogP contribution in [0.25, 0.3) is 10.9 Å². The average molecular weight is 424 g/mol. The molecule has 0 aliphatic rings. The minimum absolute atomic E-state index is 0.0403. The number of benzene rings is 2. The first-order chi connectivity index (χ1) is 15.6. The number of carbonyl (C=O) groups excluding carboxylic acids is 1. The van der Waals surface area contributed by atoms with Crippen molar-refractivity contribution in [3.8, 4) is 17.6 Å². The van der Waals surface area contributed by atoms with Gasteiger partial charge in [-0.2, -0.15) is 0 Å². The van der Waals surface area contributed by atoms with Gasteiger partial charge in [0.2, 0.25) is 0 Å². The SMILES string of the molecule is CC(C)Oc1ccc(C#Cc2ccccc2)cc1C(=O)NCCc1c[nH]c2ccncc12. The molecule has 4 aromatic rings. The summed E-state index contributed by atoms with van der Waals surface area (Å²) in [5, 5.41) is 4.09. The number of amides is 1. The van der Waals surface area contributed by atoms with Crippen LogP contribution in [-0.2, 0) is 6.42 Å². The molecule has 0 spiro atoms. The summed E-state index contributed by atoms with van der Waals surface area (Å²) in [6, 6.07) is 17.2. The lowest BCUT2D eigenvalue weighted by Gasteiger charge is -2.14. The van der Waals surface area contributed by atoms with Crippen molar-refractivity contribution in [2.75, 3.05) is 6.54 Å². The summed E-state index contributed by atoms with van der Waals surface area (Å²) in [4.78, 5) is 20.4. The lowest BCUT2D eigenvalue weighted by molar-refractivity contribution is 0.0948. The molecular formula is C27H25N3O2. The molecule has 32 heavy (non-hydrogen) atoms. The van der Waals surface area contributed by atoms with Crippen molar-refractivity contribution in [1.29, 1.82) is 0 Å². The first kappa shape index (κ1) is 21.2. The number of hydrogen-bond acceptors (Lipinski definition) is 3. The van der Waals surface area contributed by atoms with Crippen LogP contribution in [0.15, 0.2) is 73.2 Å². The maximum Gasteiger partial charge on any atom is 0.255 e. The second-order valence-corrected chi connectivity index (χ2v) is 7.73. The van der Waals surface area contributed by atoms with Gasteiger partial charge in [-0.25, -0.2) is 0 Å². The van der Waals surface area contributed by atoms with E-state index in [0.29, 0.717) is 24.3 Å². The highest BCUT2D eigenvalue weighted by molar-refractivity contribution is 5.97. The Kier molecular flexibility index (Phi) is 6.52. The van der Waals surface area contributed by atoms with Crippen LogP contribution < -0.4 is 10.1 Å². The maximum absolute atomic E-state index is 13.0. The van der Waals surface area contributed by atoms with E-state index in [-0.39, 0.29) is 12.0 Å². The third kappa shape index (κ3) is 5.16. The fourth-order valence-corrected chi connectivity index (χ4v) is 3.44. The molecule has 2 heterocycles. The molecule has 0 aliphatic heterocycles. The van der Waals surface area contributed by atoms with Gasteiger partial charge in [0.15, 0.2) is 0 Å². The van der Waals surface area contributed by atoms with Crippen molar-refractivity contribution in [1.82, 2.24) is 15.3 Å². The number of aromatic amines is 1. The number of carbonyl (C=O) groups is 1. The van der Waals surface area contributed by atoms with Crippen LogP contribution in [-0.4, -0.2) is 28.5 Å². The number of fused-ring (bicyclic) bond motifs is 1. The van der Waals surface area contributed by atoms with Gasteiger partial charge < -0.3 is 15.0 Å². The fourth-order valence-electron chi connectivity index (χ4n) is 3.44. The predicted molar refractivity (Wildman–Crippen MR) is 127 cm³/mol. The van der Waals surface area contributed by atoms with Gasteiger partial charge in [0, 0.05) is 47.2 Å². The van der Waals surface area contributed by atoms with E-state index >= 15 is 0 Å². The molecule has 2 aromatic heterocycles. The van der Waals surface area contributed by atoms with Gasteiger partial charge in [-0.3, -0.25) is 9.78 Å². The molecule has 0 saturated heterocycles. The highest BCUT2D eigenvalue weighted by atomic mass is 16.5. The minimum atomic E-state index is -0.179. The molecule has 0 saturated carbocycles. The van der Waals surface area contributed by atoms with E-state index in [1.165, 1.54) is 0 Å². The summed E-state index contributed by atoms with van der Waals surface area (Å²) in [5.74, 6) is 6.65. The van der Waals surface area contributed by atoms with E-state index in [4.69, 9.17) is 4.74 Å². The van der Waals surface area contributed by atoms with E-state index in [0.717, 1.165) is 27.6 Å². The molecule has 160 valence electrons. The first-order valence-electron chi connectivity index (χ1n) is 10.7. The normalized spacial score (nSPS) is 10.6. The van der Waals surface area contributed by atoms with Gasteiger partial charge in [0.1, 0.15) is 5.75 Å². The Morgan fingerprint density at radius 1 is 1.09 bits per heavy atom. The van der Waals surface area contributed by atoms with Crippen LogP contribution in [0.3, 0.4) is 0 Å². The maximum atomic E-state index is 13.0. The van der Waals surface area contributed by atoms with Gasteiger partial charge in [0.05, 0.1) is 11.7 Å². The Balaban J connectivity index is 1.50. The van der Waals surface area contributed by atoms with Gasteiger partial charge in [-0.05, 0) is 62.2 Å². The Morgan fingerprint density at radius 3 is 2.72 bits per heavy atom. The number of pyridine rings is 1. The molecule has 2 aromatic carbocycles. The number of rotatable bonds is 6. The standard InChI is InChI=1S/C27H25N3O2/c1-19(2)32-26-11-10-21(9-8-20-6-4-3-5-7-20)16-23(26)27(31)29-15-12-22-17-30-25-13-14-28-18-24(22)25/h3-7,10-11,13-14,16-19,30H,12,15H2,1-2H3,(H,29,31). The molecule has 2 N–H and O–H groups in total. The predicted octanol–water partition coefficient (Wildman–Crippen LogP) is 4.72. The van der Waals surface area contributed by atoms with E-state index in [2.05, 4.69) is 27.1 Å². The molecule has 0 aliphatic carbocycles. The monoisotopic (exact) mass is 423 g/mol. The lowest BCUT2D eigenvalue weighted by Crippen LogP contribution is -2.26. The molecule has 5 heteroatoms. The first-order valence-corrected chi connectivity index (χ1v) is 10.7. The Hall–Kier alpha value is -4.04. The van der Waals surface area contributed by atoms with Gasteiger partial charge >= 0.3 is 0 Å². The molecule has 0 radical (unpaired) electrons. The van der Waals surface area contributed by atoms with Gasteiger partial charge in [-0.1, -0.05) is 30.0 Å². The minimum Gasteiger partial charge on any atom is -0.490 e. The summed E-state index contributed by atoms with van der Waals surface area (Å²) in [7, 11) is 0. The van der Waals surface area contributed by atoms with Gasteiger partial charge in [-0.15, -0.1) is 0 Å². The van der Waals surface area contributed by atoms with Crippen molar-refractivity contribution < 1.29 is 9.53 Å². The smallest absolute Gasteiger partial charge is 0.255 e. The van der Waals surface area contributed by atoms with E-state index in [1.807, 2.05) is 74.8 Å². The van der Waals surface area contributed by atoms with E-state index in [1.54, 1.807) is 12.3 Å². The molecule has 0 fully saturated rings. The summed E-state index contributed by atoms with van der Waals surface area (Å²) < 4.78 is 5.87. The van der Waals surface area contributed by atoms with Crippen LogP contribution >= 0.6 is 0 Å². The van der Waals surface area contributed by atoms with Crippen molar-refractivity contribution in [3.05, 3.63) is 95.4 Å². The average Bonchev–Trinajstić information content (AvgIpc) is 3.22. The van der Waals surface area contributed by atoms with Crippen LogP contribution in [0.4, 0.5) is 0 Å². The van der Waals surface area contributed by atoms with Crippen molar-refractivity contribution in [2.45, 2.75) is 26.4 Å². The molecule has 0 unspecified atom stereocenters. The van der Waals surface area contributed by atoms with E-state index in [9.17, 15) is 4.79 Å². The number of ether oxygens (including phenoxy) is 1. The highest BCUT2D eigenvalue weighted by Crippen LogP contribution is 2.22. The number of nitrogens with one attached hydrogen (secondary N) is 2. The zero-order valence-corrected chi connectivity index (χ0v) is 18.2. The lowest BCUT2D eigenvalue weighted by atomic mass is 10.1. The third-order valence-electron chi connectivity index (χ3n) is 4.96. The zero-order valence-electron chi connectivity index (χ0n) is 18.2. The number of H-pyrrole nitrogens is 1. The second-order valence-electron chi connectivity index (χ2n) is 7.73. The van der Waals surface area contributed by atoms with Gasteiger partial charge in [0.25, 0.3) is 5.91 Å². The molecule has 0 bridgehead atoms. The highest BCUT2D eigenvalue weighted by Gasteiger charge is 2.15.